The minimum atomic E-state index is 0. The van der Waals surface area contributed by atoms with Gasteiger partial charge in [0.1, 0.15) is 6.54 Å². The zero-order valence-electron chi connectivity index (χ0n) is 16.8. The van der Waals surface area contributed by atoms with Crippen LogP contribution in [-0.2, 0) is 16.6 Å². The van der Waals surface area contributed by atoms with Gasteiger partial charge in [-0.1, -0.05) is 0 Å². The third-order valence-corrected chi connectivity index (χ3v) is 5.02. The van der Waals surface area contributed by atoms with E-state index < -0.39 is 0 Å². The van der Waals surface area contributed by atoms with Crippen LogP contribution in [-0.4, -0.2) is 97.5 Å². The van der Waals surface area contributed by atoms with Crippen molar-refractivity contribution in [2.75, 3.05) is 71.0 Å². The van der Waals surface area contributed by atoms with Crippen molar-refractivity contribution in [1.82, 2.24) is 24.9 Å². The Kier molecular flexibility index (Phi) is 9.45. The Morgan fingerprint density at radius 1 is 1.25 bits per heavy atom. The van der Waals surface area contributed by atoms with Crippen LogP contribution in [0.15, 0.2) is 17.4 Å². The Hall–Kier alpha value is -1.40. The number of unbranched alkanes of at least 4 members (excludes halogenated alkanes) is 1. The first-order chi connectivity index (χ1) is 13.2. The number of amides is 1. The molecule has 0 unspecified atom stereocenters. The predicted octanol–water partition coefficient (Wildman–Crippen LogP) is 0.375. The second-order valence-electron chi connectivity index (χ2n) is 6.97. The maximum Gasteiger partial charge on any atom is 0.246 e. The molecule has 0 radical (unpaired) electrons. The normalized spacial score (nSPS) is 18.9. The maximum atomic E-state index is 12.5. The number of piperazine rings is 1. The lowest BCUT2D eigenvalue weighted by molar-refractivity contribution is -0.120. The minimum absolute atomic E-state index is 0. The number of aryl methyl sites for hydroxylation is 1. The first-order valence-corrected chi connectivity index (χ1v) is 9.72. The molecular formula is C18H32IN7O2. The van der Waals surface area contributed by atoms with Gasteiger partial charge in [0.05, 0.1) is 25.1 Å². The number of rotatable bonds is 6. The lowest BCUT2D eigenvalue weighted by atomic mass is 10.2. The monoisotopic (exact) mass is 505 g/mol. The van der Waals surface area contributed by atoms with E-state index in [1.807, 2.05) is 18.1 Å². The van der Waals surface area contributed by atoms with Crippen molar-refractivity contribution in [3.63, 3.8) is 0 Å². The van der Waals surface area contributed by atoms with E-state index in [9.17, 15) is 4.79 Å². The highest BCUT2D eigenvalue weighted by molar-refractivity contribution is 14.0. The fraction of sp³-hybridized carbons (Fsp3) is 0.722. The van der Waals surface area contributed by atoms with Crippen LogP contribution in [0.25, 0.3) is 0 Å². The van der Waals surface area contributed by atoms with Crippen molar-refractivity contribution >= 4 is 41.5 Å². The minimum Gasteiger partial charge on any atom is -0.379 e. The summed E-state index contributed by atoms with van der Waals surface area (Å²) in [6.07, 6.45) is 5.84. The Balaban J connectivity index is 0.00000280. The van der Waals surface area contributed by atoms with Crippen LogP contribution in [0.5, 0.6) is 0 Å². The van der Waals surface area contributed by atoms with E-state index in [0.717, 1.165) is 70.4 Å². The maximum absolute atomic E-state index is 12.5. The van der Waals surface area contributed by atoms with E-state index in [1.54, 1.807) is 22.8 Å². The van der Waals surface area contributed by atoms with Gasteiger partial charge in [-0.25, -0.2) is 0 Å². The van der Waals surface area contributed by atoms with Gasteiger partial charge in [0.15, 0.2) is 5.96 Å². The molecule has 1 amide bonds. The zero-order valence-corrected chi connectivity index (χ0v) is 19.2. The molecule has 158 valence electrons. The van der Waals surface area contributed by atoms with Crippen LogP contribution in [0.2, 0.25) is 0 Å². The molecule has 2 aliphatic rings. The van der Waals surface area contributed by atoms with Gasteiger partial charge < -0.3 is 19.9 Å². The molecule has 3 heterocycles. The van der Waals surface area contributed by atoms with E-state index in [-0.39, 0.29) is 29.9 Å². The van der Waals surface area contributed by atoms with Crippen molar-refractivity contribution in [3.05, 3.63) is 12.4 Å². The lowest BCUT2D eigenvalue weighted by Crippen LogP contribution is -2.55. The second-order valence-corrected chi connectivity index (χ2v) is 6.97. The summed E-state index contributed by atoms with van der Waals surface area (Å²) in [5.41, 5.74) is 0.855. The van der Waals surface area contributed by atoms with E-state index in [1.165, 1.54) is 0 Å². The van der Waals surface area contributed by atoms with Crippen molar-refractivity contribution in [3.8, 4) is 0 Å². The van der Waals surface area contributed by atoms with Crippen LogP contribution in [0.4, 0.5) is 5.69 Å². The molecule has 0 saturated carbocycles. The molecule has 2 fully saturated rings. The third kappa shape index (κ3) is 6.31. The number of nitrogens with zero attached hydrogens (tertiary/aromatic N) is 6. The molecule has 1 N–H and O–H groups in total. The number of anilines is 1. The van der Waals surface area contributed by atoms with Gasteiger partial charge in [0.25, 0.3) is 0 Å². The number of halogens is 1. The summed E-state index contributed by atoms with van der Waals surface area (Å²) in [4.78, 5) is 23.2. The molecule has 9 nitrogen and oxygen atoms in total. The summed E-state index contributed by atoms with van der Waals surface area (Å²) >= 11 is 0. The number of guanidine groups is 1. The number of ether oxygens (including phenoxy) is 1. The Morgan fingerprint density at radius 2 is 2.04 bits per heavy atom. The van der Waals surface area contributed by atoms with Gasteiger partial charge >= 0.3 is 0 Å². The largest absolute Gasteiger partial charge is 0.379 e. The molecule has 0 aromatic carbocycles. The van der Waals surface area contributed by atoms with E-state index in [2.05, 4.69) is 20.3 Å². The van der Waals surface area contributed by atoms with Gasteiger partial charge in [-0.15, -0.1) is 24.0 Å². The second kappa shape index (κ2) is 11.6. The summed E-state index contributed by atoms with van der Waals surface area (Å²) < 4.78 is 7.09. The summed E-state index contributed by atoms with van der Waals surface area (Å²) in [5.74, 6) is 0.880. The highest BCUT2D eigenvalue weighted by atomic mass is 127. The number of hydrogen-bond donors (Lipinski definition) is 1. The first kappa shape index (κ1) is 22.9. The van der Waals surface area contributed by atoms with Crippen LogP contribution >= 0.6 is 24.0 Å². The molecule has 1 aromatic rings. The molecule has 2 aliphatic heterocycles. The Bertz CT molecular complexity index is 646. The number of nitrogens with one attached hydrogen (secondary N) is 1. The number of morpholine rings is 1. The van der Waals surface area contributed by atoms with Gasteiger partial charge in [0.2, 0.25) is 5.91 Å². The quantitative estimate of drug-likeness (QED) is 0.261. The summed E-state index contributed by atoms with van der Waals surface area (Å²) in [6, 6.07) is 0. The predicted molar refractivity (Wildman–Crippen MR) is 120 cm³/mol. The van der Waals surface area contributed by atoms with E-state index in [4.69, 9.17) is 4.74 Å². The average molecular weight is 505 g/mol. The SMILES string of the molecule is CN=C(NCCCCN1CCOCC1)N1CCN(c2cnn(C)c2)C(=O)C1.I. The van der Waals surface area contributed by atoms with Crippen LogP contribution in [0.1, 0.15) is 12.8 Å². The molecule has 3 rings (SSSR count). The summed E-state index contributed by atoms with van der Waals surface area (Å²) in [7, 11) is 3.63. The molecule has 1 aromatic heterocycles. The van der Waals surface area contributed by atoms with Gasteiger partial charge in [-0.2, -0.15) is 5.10 Å². The Labute approximate surface area is 184 Å². The summed E-state index contributed by atoms with van der Waals surface area (Å²) in [6.45, 7) is 7.50. The number of aromatic nitrogens is 2. The number of carbonyl (C=O) groups is 1. The van der Waals surface area contributed by atoms with Crippen molar-refractivity contribution < 1.29 is 9.53 Å². The molecule has 0 atom stereocenters. The summed E-state index contributed by atoms with van der Waals surface area (Å²) in [5, 5.41) is 7.55. The molecule has 10 heteroatoms. The number of aliphatic imine (C=N–C) groups is 1. The highest BCUT2D eigenvalue weighted by Crippen LogP contribution is 2.16. The highest BCUT2D eigenvalue weighted by Gasteiger charge is 2.27. The van der Waals surface area contributed by atoms with Crippen LogP contribution in [0, 0.1) is 0 Å². The van der Waals surface area contributed by atoms with Crippen LogP contribution in [0.3, 0.4) is 0 Å². The standard InChI is InChI=1S/C18H31N7O2.HI/c1-19-18(20-5-3-4-6-23-9-11-27-12-10-23)24-7-8-25(17(26)15-24)16-13-21-22(2)14-16;/h13-14H,3-12,15H2,1-2H3,(H,19,20);1H. The number of carbonyl (C=O) groups excluding carboxylic acids is 1. The third-order valence-electron chi connectivity index (χ3n) is 5.02. The lowest BCUT2D eigenvalue weighted by Gasteiger charge is -2.35. The van der Waals surface area contributed by atoms with Gasteiger partial charge in [0, 0.05) is 53.0 Å². The molecule has 0 spiro atoms. The molecule has 0 aliphatic carbocycles. The molecule has 0 bridgehead atoms. The molecule has 2 saturated heterocycles. The van der Waals surface area contributed by atoms with Gasteiger partial charge in [-0.05, 0) is 19.4 Å². The zero-order chi connectivity index (χ0) is 19.1. The topological polar surface area (TPSA) is 78.2 Å². The van der Waals surface area contributed by atoms with Gasteiger partial charge in [-0.3, -0.25) is 19.4 Å². The van der Waals surface area contributed by atoms with E-state index >= 15 is 0 Å². The van der Waals surface area contributed by atoms with Crippen molar-refractivity contribution in [2.45, 2.75) is 12.8 Å². The van der Waals surface area contributed by atoms with E-state index in [0.29, 0.717) is 13.1 Å². The fourth-order valence-electron chi connectivity index (χ4n) is 3.49. The Morgan fingerprint density at radius 3 is 2.68 bits per heavy atom. The molecule has 28 heavy (non-hydrogen) atoms. The first-order valence-electron chi connectivity index (χ1n) is 9.72. The smallest absolute Gasteiger partial charge is 0.246 e. The van der Waals surface area contributed by atoms with Crippen molar-refractivity contribution in [1.29, 1.82) is 0 Å². The average Bonchev–Trinajstić information content (AvgIpc) is 3.11. The fourth-order valence-corrected chi connectivity index (χ4v) is 3.49. The van der Waals surface area contributed by atoms with Crippen LogP contribution < -0.4 is 10.2 Å². The van der Waals surface area contributed by atoms with Crippen molar-refractivity contribution in [2.24, 2.45) is 12.0 Å². The molecular weight excluding hydrogens is 473 g/mol. The number of hydrogen-bond acceptors (Lipinski definition) is 5.